The maximum atomic E-state index is 13.6. The summed E-state index contributed by atoms with van der Waals surface area (Å²) in [6.07, 6.45) is 4.63. The van der Waals surface area contributed by atoms with Gasteiger partial charge in [-0.05, 0) is 56.0 Å². The van der Waals surface area contributed by atoms with Crippen LogP contribution < -0.4 is 14.9 Å². The number of carbonyl (C=O) groups excluding carboxylic acids is 1. The number of hydrogen-bond acceptors (Lipinski definition) is 5. The highest BCUT2D eigenvalue weighted by Gasteiger charge is 2.29. The summed E-state index contributed by atoms with van der Waals surface area (Å²) in [5.41, 5.74) is 3.66. The molecule has 37 heavy (non-hydrogen) atoms. The molecule has 0 bridgehead atoms. The van der Waals surface area contributed by atoms with Crippen LogP contribution in [0.3, 0.4) is 0 Å². The minimum absolute atomic E-state index is 0.0206. The van der Waals surface area contributed by atoms with Crippen LogP contribution in [0.25, 0.3) is 10.9 Å². The van der Waals surface area contributed by atoms with Gasteiger partial charge in [-0.15, -0.1) is 6.58 Å². The fourth-order valence-corrected chi connectivity index (χ4v) is 6.04. The van der Waals surface area contributed by atoms with E-state index in [1.165, 1.54) is 4.31 Å². The number of hydrogen-bond donors (Lipinski definition) is 3. The molecule has 0 saturated carbocycles. The Balaban J connectivity index is 1.67. The van der Waals surface area contributed by atoms with E-state index in [1.54, 1.807) is 13.1 Å². The van der Waals surface area contributed by atoms with Gasteiger partial charge in [-0.25, -0.2) is 8.42 Å². The van der Waals surface area contributed by atoms with Gasteiger partial charge in [0, 0.05) is 37.3 Å². The number of nitrogens with zero attached hydrogens (tertiary/aromatic N) is 2. The van der Waals surface area contributed by atoms with Crippen LogP contribution in [-0.4, -0.2) is 62.0 Å². The number of anilines is 1. The number of aliphatic hydroxyl groups is 1. The van der Waals surface area contributed by atoms with Crippen molar-refractivity contribution in [3.8, 4) is 0 Å². The lowest BCUT2D eigenvalue weighted by molar-refractivity contribution is 0.0831. The number of carbonyl (C=O) groups is 1. The van der Waals surface area contributed by atoms with E-state index in [1.807, 2.05) is 55.6 Å². The fourth-order valence-electron chi connectivity index (χ4n) is 4.85. The Kier molecular flexibility index (Phi) is 8.36. The van der Waals surface area contributed by atoms with E-state index in [9.17, 15) is 18.3 Å². The summed E-state index contributed by atoms with van der Waals surface area (Å²) in [6.45, 7) is 7.43. The second kappa shape index (κ2) is 11.5. The maximum Gasteiger partial charge on any atom is 0.251 e. The molecule has 4 rings (SSSR count). The summed E-state index contributed by atoms with van der Waals surface area (Å²) < 4.78 is 29.0. The first-order valence-electron chi connectivity index (χ1n) is 12.7. The van der Waals surface area contributed by atoms with Crippen LogP contribution in [0.2, 0.25) is 0 Å². The zero-order valence-corrected chi connectivity index (χ0v) is 22.3. The molecule has 9 heteroatoms. The third-order valence-electron chi connectivity index (χ3n) is 6.99. The van der Waals surface area contributed by atoms with Crippen LogP contribution in [0, 0.1) is 0 Å². The van der Waals surface area contributed by atoms with Crippen molar-refractivity contribution in [1.29, 1.82) is 0 Å². The van der Waals surface area contributed by atoms with E-state index in [4.69, 9.17) is 0 Å². The van der Waals surface area contributed by atoms with Gasteiger partial charge in [-0.1, -0.05) is 36.4 Å². The number of benzene rings is 2. The molecule has 0 saturated heterocycles. The standard InChI is InChI=1S/C28H36N4O4S/c1-4-6-13-29-18-26(33)23(15-20-10-8-7-9-11-20)30-28(34)22-16-24-27-21(12-14-37(35,36)31(24)3)19-32(5-2)25(27)17-22/h4,7-11,16-17,19,23,26,29,33H,1,5-6,12-15,18H2,2-3H3,(H,30,34)/t23-,26+/m0/s1. The van der Waals surface area contributed by atoms with Crippen molar-refractivity contribution in [3.05, 3.63) is 78.0 Å². The third kappa shape index (κ3) is 5.89. The Morgan fingerprint density at radius 3 is 2.70 bits per heavy atom. The molecule has 0 unspecified atom stereocenters. The van der Waals surface area contributed by atoms with Crippen LogP contribution in [0.1, 0.15) is 34.8 Å². The predicted molar refractivity (Wildman–Crippen MR) is 149 cm³/mol. The highest BCUT2D eigenvalue weighted by atomic mass is 32.2. The van der Waals surface area contributed by atoms with Crippen molar-refractivity contribution >= 4 is 32.5 Å². The minimum atomic E-state index is -3.50. The molecule has 1 aliphatic rings. The molecule has 0 spiro atoms. The third-order valence-corrected chi connectivity index (χ3v) is 8.74. The Hall–Kier alpha value is -3.14. The smallest absolute Gasteiger partial charge is 0.251 e. The summed E-state index contributed by atoms with van der Waals surface area (Å²) >= 11 is 0. The maximum absolute atomic E-state index is 13.6. The topological polar surface area (TPSA) is 104 Å². The first kappa shape index (κ1) is 26.9. The molecule has 0 aliphatic carbocycles. The van der Waals surface area contributed by atoms with Gasteiger partial charge in [0.25, 0.3) is 5.91 Å². The number of aryl methyl sites for hydroxylation is 2. The molecule has 3 N–H and O–H groups in total. The highest BCUT2D eigenvalue weighted by molar-refractivity contribution is 7.92. The van der Waals surface area contributed by atoms with Crippen LogP contribution in [0.5, 0.6) is 0 Å². The lowest BCUT2D eigenvalue weighted by atomic mass is 10.00. The Labute approximate surface area is 219 Å². The summed E-state index contributed by atoms with van der Waals surface area (Å²) in [5, 5.41) is 18.1. The quantitative estimate of drug-likeness (QED) is 0.264. The number of amides is 1. The molecular weight excluding hydrogens is 488 g/mol. The number of aromatic nitrogens is 1. The normalized spacial score (nSPS) is 16.2. The molecule has 2 heterocycles. The van der Waals surface area contributed by atoms with Crippen LogP contribution in [0.4, 0.5) is 5.69 Å². The van der Waals surface area contributed by atoms with Gasteiger partial charge in [0.15, 0.2) is 0 Å². The van der Waals surface area contributed by atoms with Crippen molar-refractivity contribution < 1.29 is 18.3 Å². The first-order chi connectivity index (χ1) is 17.7. The van der Waals surface area contributed by atoms with Crippen LogP contribution in [0.15, 0.2) is 61.3 Å². The molecule has 2 aromatic carbocycles. The minimum Gasteiger partial charge on any atom is -0.390 e. The predicted octanol–water partition coefficient (Wildman–Crippen LogP) is 2.85. The Morgan fingerprint density at radius 1 is 1.24 bits per heavy atom. The lowest BCUT2D eigenvalue weighted by Crippen LogP contribution is -2.48. The SMILES string of the molecule is C=CCCNC[C@@H](O)[C@H](Cc1ccccc1)NC(=O)c1cc2c3c(cn(CC)c3c1)CCS(=O)(=O)N2C. The van der Waals surface area contributed by atoms with E-state index < -0.39 is 22.2 Å². The molecule has 0 radical (unpaired) electrons. The van der Waals surface area contributed by atoms with E-state index in [0.29, 0.717) is 43.7 Å². The van der Waals surface area contributed by atoms with Crippen LogP contribution in [-0.2, 0) is 29.4 Å². The second-order valence-corrected chi connectivity index (χ2v) is 11.6. The fraction of sp³-hybridized carbons (Fsp3) is 0.393. The van der Waals surface area contributed by atoms with Gasteiger partial charge in [-0.3, -0.25) is 9.10 Å². The summed E-state index contributed by atoms with van der Waals surface area (Å²) in [4.78, 5) is 13.6. The molecule has 1 amide bonds. The van der Waals surface area contributed by atoms with E-state index >= 15 is 0 Å². The summed E-state index contributed by atoms with van der Waals surface area (Å²) in [6, 6.07) is 12.6. The van der Waals surface area contributed by atoms with Crippen molar-refractivity contribution in [2.45, 2.75) is 44.9 Å². The number of nitrogens with one attached hydrogen (secondary N) is 2. The average molecular weight is 525 g/mol. The highest BCUT2D eigenvalue weighted by Crippen LogP contribution is 2.36. The molecule has 0 fully saturated rings. The number of sulfonamides is 1. The van der Waals surface area contributed by atoms with Gasteiger partial charge >= 0.3 is 0 Å². The number of rotatable bonds is 11. The van der Waals surface area contributed by atoms with Gasteiger partial charge in [0.2, 0.25) is 10.0 Å². The van der Waals surface area contributed by atoms with E-state index in [2.05, 4.69) is 21.8 Å². The van der Waals surface area contributed by atoms with E-state index in [0.717, 1.165) is 28.5 Å². The van der Waals surface area contributed by atoms with Gasteiger partial charge in [-0.2, -0.15) is 0 Å². The molecule has 1 aromatic heterocycles. The van der Waals surface area contributed by atoms with Gasteiger partial charge < -0.3 is 20.3 Å². The summed E-state index contributed by atoms with van der Waals surface area (Å²) in [7, 11) is -1.96. The molecule has 2 atom stereocenters. The molecule has 198 valence electrons. The molecule has 8 nitrogen and oxygen atoms in total. The Bertz CT molecular complexity index is 1370. The first-order valence-corrected chi connectivity index (χ1v) is 14.3. The van der Waals surface area contributed by atoms with Gasteiger partial charge in [0.05, 0.1) is 29.1 Å². The monoisotopic (exact) mass is 524 g/mol. The molecule has 3 aromatic rings. The lowest BCUT2D eigenvalue weighted by Gasteiger charge is -2.25. The average Bonchev–Trinajstić information content (AvgIpc) is 3.22. The van der Waals surface area contributed by atoms with Crippen molar-refractivity contribution in [1.82, 2.24) is 15.2 Å². The largest absolute Gasteiger partial charge is 0.390 e. The summed E-state index contributed by atoms with van der Waals surface area (Å²) in [5.74, 6) is -0.336. The van der Waals surface area contributed by atoms with Crippen LogP contribution >= 0.6 is 0 Å². The van der Waals surface area contributed by atoms with Crippen molar-refractivity contribution in [2.75, 3.05) is 30.2 Å². The van der Waals surface area contributed by atoms with Crippen molar-refractivity contribution in [3.63, 3.8) is 0 Å². The van der Waals surface area contributed by atoms with Crippen molar-refractivity contribution in [2.24, 2.45) is 0 Å². The second-order valence-electron chi connectivity index (χ2n) is 9.48. The zero-order chi connectivity index (χ0) is 26.6. The van der Waals surface area contributed by atoms with Gasteiger partial charge in [0.1, 0.15) is 0 Å². The van der Waals surface area contributed by atoms with E-state index in [-0.39, 0.29) is 11.7 Å². The molecular formula is C28H36N4O4S. The molecule has 1 aliphatic heterocycles. The number of aliphatic hydroxyl groups excluding tert-OH is 1. The Morgan fingerprint density at radius 2 is 2.00 bits per heavy atom. The zero-order valence-electron chi connectivity index (χ0n) is 21.5.